The first kappa shape index (κ1) is 16.9. The highest BCUT2D eigenvalue weighted by Crippen LogP contribution is 2.40. The molecule has 21 heavy (non-hydrogen) atoms. The highest BCUT2D eigenvalue weighted by atomic mass is 35.5. The Morgan fingerprint density at radius 1 is 1.24 bits per heavy atom. The van der Waals surface area contributed by atoms with Crippen molar-refractivity contribution in [3.05, 3.63) is 27.7 Å². The third kappa shape index (κ3) is 4.77. The first-order chi connectivity index (χ1) is 9.97. The monoisotopic (exact) mass is 329 g/mol. The summed E-state index contributed by atoms with van der Waals surface area (Å²) in [5, 5.41) is 4.98. The van der Waals surface area contributed by atoms with E-state index in [0.29, 0.717) is 22.7 Å². The highest BCUT2D eigenvalue weighted by Gasteiger charge is 2.25. The van der Waals surface area contributed by atoms with Crippen LogP contribution < -0.4 is 10.1 Å². The van der Waals surface area contributed by atoms with E-state index in [1.807, 2.05) is 6.07 Å². The number of hydrogen-bond acceptors (Lipinski definition) is 2. The molecule has 1 N–H and O–H groups in total. The normalized spacial score (nSPS) is 19.2. The second-order valence-electron chi connectivity index (χ2n) is 6.39. The summed E-state index contributed by atoms with van der Waals surface area (Å²) in [6.45, 7) is 7.50. The smallest absolute Gasteiger partial charge is 0.142 e. The minimum absolute atomic E-state index is 0.277. The number of nitrogens with one attached hydrogen (secondary N) is 1. The van der Waals surface area contributed by atoms with Crippen LogP contribution in [0.4, 0.5) is 0 Å². The van der Waals surface area contributed by atoms with Gasteiger partial charge in [0.05, 0.1) is 11.6 Å². The van der Waals surface area contributed by atoms with Gasteiger partial charge in [-0.25, -0.2) is 0 Å². The lowest BCUT2D eigenvalue weighted by molar-refractivity contribution is 0.243. The van der Waals surface area contributed by atoms with Crippen LogP contribution in [-0.4, -0.2) is 12.6 Å². The van der Waals surface area contributed by atoms with Crippen LogP contribution in [0.1, 0.15) is 58.1 Å². The molecule has 0 aromatic heterocycles. The Morgan fingerprint density at radius 2 is 2.00 bits per heavy atom. The van der Waals surface area contributed by atoms with Crippen molar-refractivity contribution in [2.75, 3.05) is 6.61 Å². The molecule has 0 aliphatic carbocycles. The number of rotatable bonds is 6. The van der Waals surface area contributed by atoms with Crippen LogP contribution >= 0.6 is 23.2 Å². The van der Waals surface area contributed by atoms with Gasteiger partial charge in [-0.1, -0.05) is 49.9 Å². The van der Waals surface area contributed by atoms with Gasteiger partial charge in [-0.05, 0) is 31.4 Å². The lowest BCUT2D eigenvalue weighted by Gasteiger charge is -2.30. The molecule has 2 atom stereocenters. The second kappa shape index (κ2) is 7.71. The molecule has 0 radical (unpaired) electrons. The largest absolute Gasteiger partial charge is 0.492 e. The lowest BCUT2D eigenvalue weighted by Crippen LogP contribution is -2.33. The Bertz CT molecular complexity index is 476. The Balaban J connectivity index is 1.99. The van der Waals surface area contributed by atoms with E-state index in [1.54, 1.807) is 6.07 Å². The standard InChI is InChI=1S/C17H25Cl2NO/c1-11(2)5-4-6-12(3)20-16-7-8-21-17-14(16)9-13(18)10-15(17)19/h9-12,16,20H,4-8H2,1-3H3. The van der Waals surface area contributed by atoms with Crippen molar-refractivity contribution < 1.29 is 4.74 Å². The van der Waals surface area contributed by atoms with Crippen molar-refractivity contribution in [2.24, 2.45) is 5.92 Å². The predicted molar refractivity (Wildman–Crippen MR) is 90.6 cm³/mol. The molecule has 0 spiro atoms. The van der Waals surface area contributed by atoms with Gasteiger partial charge in [-0.15, -0.1) is 0 Å². The van der Waals surface area contributed by atoms with E-state index in [0.717, 1.165) is 23.7 Å². The van der Waals surface area contributed by atoms with E-state index in [2.05, 4.69) is 26.1 Å². The van der Waals surface area contributed by atoms with Crippen molar-refractivity contribution in [1.29, 1.82) is 0 Å². The van der Waals surface area contributed by atoms with Crippen LogP contribution in [-0.2, 0) is 0 Å². The zero-order valence-corrected chi connectivity index (χ0v) is 14.6. The molecule has 0 bridgehead atoms. The van der Waals surface area contributed by atoms with Crippen molar-refractivity contribution >= 4 is 23.2 Å². The first-order valence-electron chi connectivity index (χ1n) is 7.85. The molecule has 1 heterocycles. The van der Waals surface area contributed by atoms with E-state index in [4.69, 9.17) is 27.9 Å². The summed E-state index contributed by atoms with van der Waals surface area (Å²) in [5.41, 5.74) is 1.09. The fourth-order valence-electron chi connectivity index (χ4n) is 2.86. The molecular formula is C17H25Cl2NO. The molecule has 4 heteroatoms. The van der Waals surface area contributed by atoms with E-state index in [1.165, 1.54) is 19.3 Å². The number of benzene rings is 1. The third-order valence-electron chi connectivity index (χ3n) is 3.97. The average Bonchev–Trinajstić information content (AvgIpc) is 2.39. The number of fused-ring (bicyclic) bond motifs is 1. The maximum Gasteiger partial charge on any atom is 0.142 e. The van der Waals surface area contributed by atoms with Gasteiger partial charge in [0.1, 0.15) is 5.75 Å². The highest BCUT2D eigenvalue weighted by molar-refractivity contribution is 6.35. The fourth-order valence-corrected chi connectivity index (χ4v) is 3.42. The second-order valence-corrected chi connectivity index (χ2v) is 7.23. The summed E-state index contributed by atoms with van der Waals surface area (Å²) in [6, 6.07) is 4.48. The number of ether oxygens (including phenoxy) is 1. The van der Waals surface area contributed by atoms with Crippen LogP contribution in [0.2, 0.25) is 10.0 Å². The molecule has 2 nitrogen and oxygen atoms in total. The van der Waals surface area contributed by atoms with Crippen molar-refractivity contribution in [3.63, 3.8) is 0 Å². The maximum atomic E-state index is 6.23. The van der Waals surface area contributed by atoms with Gasteiger partial charge in [0.2, 0.25) is 0 Å². The zero-order valence-electron chi connectivity index (χ0n) is 13.1. The van der Waals surface area contributed by atoms with E-state index in [9.17, 15) is 0 Å². The molecular weight excluding hydrogens is 305 g/mol. The summed E-state index contributed by atoms with van der Waals surface area (Å²) in [6.07, 6.45) is 4.70. The molecule has 1 aliphatic rings. The zero-order chi connectivity index (χ0) is 15.4. The Morgan fingerprint density at radius 3 is 2.71 bits per heavy atom. The van der Waals surface area contributed by atoms with Gasteiger partial charge in [0.15, 0.2) is 0 Å². The van der Waals surface area contributed by atoms with Gasteiger partial charge in [0.25, 0.3) is 0 Å². The number of hydrogen-bond donors (Lipinski definition) is 1. The van der Waals surface area contributed by atoms with Crippen LogP contribution in [0.15, 0.2) is 12.1 Å². The summed E-state index contributed by atoms with van der Waals surface area (Å²) in [4.78, 5) is 0. The first-order valence-corrected chi connectivity index (χ1v) is 8.60. The quantitative estimate of drug-likeness (QED) is 0.731. The van der Waals surface area contributed by atoms with Crippen LogP contribution in [0.25, 0.3) is 0 Å². The summed E-state index contributed by atoms with van der Waals surface area (Å²) < 4.78 is 5.70. The predicted octanol–water partition coefficient (Wildman–Crippen LogP) is 5.62. The minimum atomic E-state index is 0.277. The van der Waals surface area contributed by atoms with E-state index < -0.39 is 0 Å². The molecule has 0 saturated carbocycles. The molecule has 2 rings (SSSR count). The van der Waals surface area contributed by atoms with Crippen molar-refractivity contribution in [1.82, 2.24) is 5.32 Å². The SMILES string of the molecule is CC(C)CCCC(C)NC1CCOc2c(Cl)cc(Cl)cc21. The van der Waals surface area contributed by atoms with Crippen molar-refractivity contribution in [3.8, 4) is 5.75 Å². The Hall–Kier alpha value is -0.440. The number of halogens is 2. The van der Waals surface area contributed by atoms with Gasteiger partial charge in [-0.3, -0.25) is 0 Å². The molecule has 0 amide bonds. The summed E-state index contributed by atoms with van der Waals surface area (Å²) in [5.74, 6) is 1.57. The fraction of sp³-hybridized carbons (Fsp3) is 0.647. The molecule has 1 aliphatic heterocycles. The molecule has 1 aromatic carbocycles. The molecule has 118 valence electrons. The van der Waals surface area contributed by atoms with Gasteiger partial charge in [0, 0.05) is 29.1 Å². The van der Waals surface area contributed by atoms with Gasteiger partial charge >= 0.3 is 0 Å². The minimum Gasteiger partial charge on any atom is -0.492 e. The molecule has 0 saturated heterocycles. The summed E-state index contributed by atoms with van der Waals surface area (Å²) in [7, 11) is 0. The van der Waals surface area contributed by atoms with Crippen LogP contribution in [0.3, 0.4) is 0 Å². The Kier molecular flexibility index (Phi) is 6.21. The maximum absolute atomic E-state index is 6.23. The van der Waals surface area contributed by atoms with Crippen molar-refractivity contribution in [2.45, 2.75) is 58.5 Å². The Labute approximate surface area is 138 Å². The van der Waals surface area contributed by atoms with E-state index >= 15 is 0 Å². The topological polar surface area (TPSA) is 21.3 Å². The lowest BCUT2D eigenvalue weighted by atomic mass is 9.98. The average molecular weight is 330 g/mol. The van der Waals surface area contributed by atoms with Gasteiger partial charge < -0.3 is 10.1 Å². The van der Waals surface area contributed by atoms with E-state index in [-0.39, 0.29) is 6.04 Å². The molecule has 1 aromatic rings. The van der Waals surface area contributed by atoms with Gasteiger partial charge in [-0.2, -0.15) is 0 Å². The molecule has 0 fully saturated rings. The third-order valence-corrected chi connectivity index (χ3v) is 4.47. The van der Waals surface area contributed by atoms with Crippen LogP contribution in [0, 0.1) is 5.92 Å². The summed E-state index contributed by atoms with van der Waals surface area (Å²) >= 11 is 12.4. The van der Waals surface area contributed by atoms with Crippen LogP contribution in [0.5, 0.6) is 5.75 Å². The molecule has 2 unspecified atom stereocenters.